The second-order valence-corrected chi connectivity index (χ2v) is 8.34. The lowest BCUT2D eigenvalue weighted by Crippen LogP contribution is -2.49. The van der Waals surface area contributed by atoms with E-state index in [1.54, 1.807) is 43.5 Å². The molecule has 0 radical (unpaired) electrons. The second-order valence-electron chi connectivity index (χ2n) is 7.96. The van der Waals surface area contributed by atoms with Crippen LogP contribution in [0, 0.1) is 0 Å². The molecule has 180 valence electrons. The number of alkyl halides is 2. The van der Waals surface area contributed by atoms with E-state index < -0.39 is 12.7 Å². The lowest BCUT2D eigenvalue weighted by atomic mass is 9.93. The summed E-state index contributed by atoms with van der Waals surface area (Å²) >= 11 is 5.62. The van der Waals surface area contributed by atoms with Gasteiger partial charge in [0.05, 0.1) is 25.8 Å². The third-order valence-electron chi connectivity index (χ3n) is 5.75. The molecule has 1 atom stereocenters. The van der Waals surface area contributed by atoms with Gasteiger partial charge in [-0.05, 0) is 61.8 Å². The summed E-state index contributed by atoms with van der Waals surface area (Å²) in [4.78, 5) is 15.5. The highest BCUT2D eigenvalue weighted by atomic mass is 32.1. The van der Waals surface area contributed by atoms with Crippen LogP contribution in [-0.2, 0) is 4.79 Å². The maximum atomic E-state index is 13.5. The average molecular weight is 490 g/mol. The molecule has 4 rings (SSSR count). The first-order chi connectivity index (χ1) is 16.3. The highest BCUT2D eigenvalue weighted by molar-refractivity contribution is 7.80. The zero-order chi connectivity index (χ0) is 24.4. The zero-order valence-corrected chi connectivity index (χ0v) is 19.7. The van der Waals surface area contributed by atoms with Crippen LogP contribution in [0.5, 0.6) is 17.2 Å². The Kier molecular flexibility index (Phi) is 6.87. The normalized spacial score (nSPS) is 18.0. The van der Waals surface area contributed by atoms with Crippen molar-refractivity contribution in [1.29, 1.82) is 0 Å². The maximum Gasteiger partial charge on any atom is 0.387 e. The molecule has 1 unspecified atom stereocenters. The number of ether oxygens (including phenoxy) is 3. The van der Waals surface area contributed by atoms with E-state index in [4.69, 9.17) is 21.7 Å². The molecule has 0 bridgehead atoms. The molecule has 1 aliphatic carbocycles. The first-order valence-corrected chi connectivity index (χ1v) is 11.1. The van der Waals surface area contributed by atoms with E-state index >= 15 is 0 Å². The van der Waals surface area contributed by atoms with Gasteiger partial charge in [0.2, 0.25) is 0 Å². The minimum atomic E-state index is -2.99. The number of anilines is 1. The number of carbonyl (C=O) groups excluding carboxylic acids is 1. The van der Waals surface area contributed by atoms with Gasteiger partial charge in [0.25, 0.3) is 5.91 Å². The second kappa shape index (κ2) is 9.84. The maximum absolute atomic E-state index is 13.5. The minimum absolute atomic E-state index is 0.0951. The molecule has 2 aromatic carbocycles. The molecule has 1 amide bonds. The van der Waals surface area contributed by atoms with E-state index in [2.05, 4.69) is 15.4 Å². The van der Waals surface area contributed by atoms with Crippen molar-refractivity contribution in [1.82, 2.24) is 10.2 Å². The molecular formula is C24H25F2N3O4S. The van der Waals surface area contributed by atoms with Crippen LogP contribution in [0.25, 0.3) is 0 Å². The molecule has 0 spiro atoms. The Morgan fingerprint density at radius 2 is 1.91 bits per heavy atom. The van der Waals surface area contributed by atoms with Crippen molar-refractivity contribution < 1.29 is 27.8 Å². The fraction of sp³-hybridized carbons (Fsp3) is 0.333. The Morgan fingerprint density at radius 3 is 2.56 bits per heavy atom. The van der Waals surface area contributed by atoms with Crippen molar-refractivity contribution >= 4 is 28.9 Å². The molecular weight excluding hydrogens is 464 g/mol. The molecule has 10 heteroatoms. The van der Waals surface area contributed by atoms with E-state index in [9.17, 15) is 13.6 Å². The number of thiocarbonyl (C=S) groups is 1. The number of amides is 1. The van der Waals surface area contributed by atoms with Gasteiger partial charge in [0.15, 0.2) is 16.6 Å². The fourth-order valence-electron chi connectivity index (χ4n) is 4.03. The predicted molar refractivity (Wildman–Crippen MR) is 127 cm³/mol. The first kappa shape index (κ1) is 23.7. The van der Waals surface area contributed by atoms with E-state index in [0.717, 1.165) is 18.5 Å². The predicted octanol–water partition coefficient (Wildman–Crippen LogP) is 4.61. The molecule has 2 N–H and O–H groups in total. The molecule has 34 heavy (non-hydrogen) atoms. The number of allylic oxidation sites excluding steroid dienone is 1. The summed E-state index contributed by atoms with van der Waals surface area (Å²) in [6.45, 7) is -1.12. The standard InChI is InChI=1S/C24H25F2N3O4S/c1-13-20(22(30)27-15-5-4-6-17(12-15)31-2)21(28-24(34)29(13)16-8-9-16)14-7-10-18(33-23(25)26)19(11-14)32-3/h4-7,10-12,16,21,23H,8-9H2,1-3H3,(H,27,30)(H,28,34). The van der Waals surface area contributed by atoms with Gasteiger partial charge in [0, 0.05) is 23.5 Å². The summed E-state index contributed by atoms with van der Waals surface area (Å²) in [5.74, 6) is 0.327. The van der Waals surface area contributed by atoms with Crippen LogP contribution in [0.4, 0.5) is 14.5 Å². The van der Waals surface area contributed by atoms with Crippen molar-refractivity contribution in [2.24, 2.45) is 0 Å². The number of hydrogen-bond acceptors (Lipinski definition) is 5. The number of halogens is 2. The SMILES string of the molecule is COc1cccc(NC(=O)C2=C(C)N(C3CC3)C(=S)NC2c2ccc(OC(F)F)c(OC)c2)c1. The number of hydrogen-bond donors (Lipinski definition) is 2. The number of carbonyl (C=O) groups is 1. The molecule has 2 aromatic rings. The molecule has 0 aromatic heterocycles. The van der Waals surface area contributed by atoms with E-state index in [-0.39, 0.29) is 23.4 Å². The Bertz CT molecular complexity index is 1140. The summed E-state index contributed by atoms with van der Waals surface area (Å²) in [5.41, 5.74) is 2.40. The summed E-state index contributed by atoms with van der Waals surface area (Å²) in [5, 5.41) is 6.70. The van der Waals surface area contributed by atoms with Gasteiger partial charge in [-0.15, -0.1) is 0 Å². The Morgan fingerprint density at radius 1 is 1.15 bits per heavy atom. The smallest absolute Gasteiger partial charge is 0.387 e. The number of rotatable bonds is 8. The van der Waals surface area contributed by atoms with Crippen molar-refractivity contribution in [3.8, 4) is 17.2 Å². The van der Waals surface area contributed by atoms with Gasteiger partial charge in [-0.25, -0.2) is 0 Å². The van der Waals surface area contributed by atoms with Gasteiger partial charge in [-0.1, -0.05) is 12.1 Å². The Labute approximate surface area is 201 Å². The third kappa shape index (κ3) is 4.91. The van der Waals surface area contributed by atoms with Crippen molar-refractivity contribution in [2.75, 3.05) is 19.5 Å². The molecule has 7 nitrogen and oxygen atoms in total. The average Bonchev–Trinajstić information content (AvgIpc) is 3.63. The fourth-order valence-corrected chi connectivity index (χ4v) is 4.43. The molecule has 1 heterocycles. The third-order valence-corrected chi connectivity index (χ3v) is 6.06. The number of methoxy groups -OCH3 is 2. The van der Waals surface area contributed by atoms with Gasteiger partial charge < -0.3 is 29.7 Å². The van der Waals surface area contributed by atoms with E-state index in [0.29, 0.717) is 27.7 Å². The highest BCUT2D eigenvalue weighted by Gasteiger charge is 2.40. The van der Waals surface area contributed by atoms with Crippen LogP contribution in [-0.4, -0.2) is 42.8 Å². The Balaban J connectivity index is 1.73. The zero-order valence-electron chi connectivity index (χ0n) is 18.9. The highest BCUT2D eigenvalue weighted by Crippen LogP contribution is 2.40. The number of nitrogens with one attached hydrogen (secondary N) is 2. The summed E-state index contributed by atoms with van der Waals surface area (Å²) < 4.78 is 40.6. The monoisotopic (exact) mass is 489 g/mol. The summed E-state index contributed by atoms with van der Waals surface area (Å²) in [7, 11) is 2.92. The van der Waals surface area contributed by atoms with Crippen LogP contribution in [0.15, 0.2) is 53.7 Å². The van der Waals surface area contributed by atoms with Crippen LogP contribution in [0.3, 0.4) is 0 Å². The molecule has 1 fully saturated rings. The van der Waals surface area contributed by atoms with Crippen LogP contribution in [0.1, 0.15) is 31.4 Å². The Hall–Kier alpha value is -3.40. The molecule has 1 saturated carbocycles. The minimum Gasteiger partial charge on any atom is -0.497 e. The van der Waals surface area contributed by atoms with E-state index in [1.165, 1.54) is 13.2 Å². The van der Waals surface area contributed by atoms with Gasteiger partial charge >= 0.3 is 6.61 Å². The summed E-state index contributed by atoms with van der Waals surface area (Å²) in [6, 6.07) is 11.3. The number of nitrogens with zero attached hydrogens (tertiary/aromatic N) is 1. The van der Waals surface area contributed by atoms with Crippen molar-refractivity contribution in [2.45, 2.75) is 38.5 Å². The molecule has 0 saturated heterocycles. The van der Waals surface area contributed by atoms with Crippen LogP contribution in [0.2, 0.25) is 0 Å². The van der Waals surface area contributed by atoms with Gasteiger partial charge in [-0.3, -0.25) is 4.79 Å². The number of benzene rings is 2. The van der Waals surface area contributed by atoms with E-state index in [1.807, 2.05) is 11.8 Å². The summed E-state index contributed by atoms with van der Waals surface area (Å²) in [6.07, 6.45) is 1.98. The molecule has 1 aliphatic heterocycles. The van der Waals surface area contributed by atoms with Gasteiger partial charge in [-0.2, -0.15) is 8.78 Å². The lowest BCUT2D eigenvalue weighted by Gasteiger charge is -2.38. The van der Waals surface area contributed by atoms with Crippen molar-refractivity contribution in [3.05, 3.63) is 59.3 Å². The van der Waals surface area contributed by atoms with Crippen LogP contribution >= 0.6 is 12.2 Å². The first-order valence-electron chi connectivity index (χ1n) is 10.7. The van der Waals surface area contributed by atoms with Crippen LogP contribution < -0.4 is 24.8 Å². The topological polar surface area (TPSA) is 72.1 Å². The lowest BCUT2D eigenvalue weighted by molar-refractivity contribution is -0.113. The largest absolute Gasteiger partial charge is 0.497 e. The molecule has 2 aliphatic rings. The van der Waals surface area contributed by atoms with Gasteiger partial charge in [0.1, 0.15) is 5.75 Å². The quantitative estimate of drug-likeness (QED) is 0.525. The van der Waals surface area contributed by atoms with Crippen molar-refractivity contribution in [3.63, 3.8) is 0 Å².